The first-order valence-corrected chi connectivity index (χ1v) is 9.85. The summed E-state index contributed by atoms with van der Waals surface area (Å²) >= 11 is 0. The number of nitrogens with one attached hydrogen (secondary N) is 1. The van der Waals surface area contributed by atoms with Gasteiger partial charge >= 0.3 is 0 Å². The van der Waals surface area contributed by atoms with E-state index < -0.39 is 16.7 Å². The SMILES string of the molecule is COc1cccc(OC)c1NC(=O)c1cccnc1S(=O)Cc1ccccc1. The molecule has 1 unspecified atom stereocenters. The van der Waals surface area contributed by atoms with Crippen LogP contribution in [0.3, 0.4) is 0 Å². The maximum Gasteiger partial charge on any atom is 0.258 e. The van der Waals surface area contributed by atoms with Gasteiger partial charge in [-0.05, 0) is 29.8 Å². The Kier molecular flexibility index (Phi) is 6.39. The highest BCUT2D eigenvalue weighted by Gasteiger charge is 2.20. The van der Waals surface area contributed by atoms with Gasteiger partial charge in [0.15, 0.2) is 0 Å². The number of ether oxygens (including phenoxy) is 2. The topological polar surface area (TPSA) is 77.5 Å². The average molecular weight is 396 g/mol. The molecule has 7 heteroatoms. The average Bonchev–Trinajstić information content (AvgIpc) is 2.74. The lowest BCUT2D eigenvalue weighted by Crippen LogP contribution is -2.17. The Balaban J connectivity index is 1.89. The summed E-state index contributed by atoms with van der Waals surface area (Å²) in [5.74, 6) is 0.759. The number of methoxy groups -OCH3 is 2. The molecule has 0 saturated heterocycles. The summed E-state index contributed by atoms with van der Waals surface area (Å²) in [7, 11) is 1.54. The highest BCUT2D eigenvalue weighted by molar-refractivity contribution is 7.84. The third-order valence-corrected chi connectivity index (χ3v) is 5.39. The third kappa shape index (κ3) is 4.37. The number of rotatable bonds is 7. The summed E-state index contributed by atoms with van der Waals surface area (Å²) in [4.78, 5) is 17.1. The van der Waals surface area contributed by atoms with Gasteiger partial charge in [0.05, 0.1) is 36.3 Å². The lowest BCUT2D eigenvalue weighted by molar-refractivity contribution is 0.102. The molecule has 3 aromatic rings. The van der Waals surface area contributed by atoms with Crippen LogP contribution in [0.25, 0.3) is 0 Å². The zero-order valence-electron chi connectivity index (χ0n) is 15.5. The van der Waals surface area contributed by atoms with Gasteiger partial charge in [-0.3, -0.25) is 9.00 Å². The van der Waals surface area contributed by atoms with Gasteiger partial charge in [-0.15, -0.1) is 0 Å². The minimum absolute atomic E-state index is 0.234. The highest BCUT2D eigenvalue weighted by atomic mass is 32.2. The Bertz CT molecular complexity index is 970. The lowest BCUT2D eigenvalue weighted by Gasteiger charge is -2.15. The van der Waals surface area contributed by atoms with Gasteiger partial charge in [-0.2, -0.15) is 0 Å². The number of pyridine rings is 1. The maximum atomic E-state index is 12.9. The first-order valence-electron chi connectivity index (χ1n) is 8.53. The van der Waals surface area contributed by atoms with Crippen molar-refractivity contribution in [1.29, 1.82) is 0 Å². The molecule has 6 nitrogen and oxygen atoms in total. The Morgan fingerprint density at radius 2 is 1.64 bits per heavy atom. The molecule has 2 aromatic carbocycles. The summed E-state index contributed by atoms with van der Waals surface area (Å²) in [6.45, 7) is 0. The van der Waals surface area contributed by atoms with Crippen molar-refractivity contribution in [3.8, 4) is 11.5 Å². The number of aromatic nitrogens is 1. The molecule has 1 amide bonds. The predicted molar refractivity (Wildman–Crippen MR) is 108 cm³/mol. The molecule has 0 bridgehead atoms. The molecule has 0 fully saturated rings. The van der Waals surface area contributed by atoms with Crippen LogP contribution in [0.1, 0.15) is 15.9 Å². The van der Waals surface area contributed by atoms with Crippen LogP contribution >= 0.6 is 0 Å². The van der Waals surface area contributed by atoms with Crippen LogP contribution in [-0.4, -0.2) is 29.3 Å². The third-order valence-electron chi connectivity index (χ3n) is 4.04. The summed E-state index contributed by atoms with van der Waals surface area (Å²) in [5, 5.41) is 3.03. The zero-order valence-corrected chi connectivity index (χ0v) is 16.4. The van der Waals surface area contributed by atoms with Crippen LogP contribution in [-0.2, 0) is 16.6 Å². The van der Waals surface area contributed by atoms with E-state index in [0.29, 0.717) is 17.2 Å². The fraction of sp³-hybridized carbons (Fsp3) is 0.143. The van der Waals surface area contributed by atoms with Crippen LogP contribution in [0.15, 0.2) is 71.9 Å². The monoisotopic (exact) mass is 396 g/mol. The highest BCUT2D eigenvalue weighted by Crippen LogP contribution is 2.34. The van der Waals surface area contributed by atoms with Crippen molar-refractivity contribution >= 4 is 22.4 Å². The van der Waals surface area contributed by atoms with Crippen molar-refractivity contribution in [1.82, 2.24) is 4.98 Å². The standard InChI is InChI=1S/C21H20N2O4S/c1-26-17-11-6-12-18(27-2)19(17)23-20(24)16-10-7-13-22-21(16)28(25)14-15-8-4-3-5-9-15/h3-13H,14H2,1-2H3,(H,23,24). The number of carbonyl (C=O) groups excluding carboxylic acids is 1. The summed E-state index contributed by atoms with van der Waals surface area (Å²) in [6, 6.07) is 17.9. The Morgan fingerprint density at radius 1 is 0.964 bits per heavy atom. The van der Waals surface area contributed by atoms with Gasteiger partial charge < -0.3 is 14.8 Å². The van der Waals surface area contributed by atoms with Crippen molar-refractivity contribution in [2.45, 2.75) is 10.8 Å². The number of benzene rings is 2. The first kappa shape index (κ1) is 19.6. The number of carbonyl (C=O) groups is 1. The Labute approximate surface area is 166 Å². The molecule has 1 N–H and O–H groups in total. The lowest BCUT2D eigenvalue weighted by atomic mass is 10.2. The molecule has 0 saturated carbocycles. The van der Waals surface area contributed by atoms with Crippen molar-refractivity contribution in [2.24, 2.45) is 0 Å². The smallest absolute Gasteiger partial charge is 0.258 e. The van der Waals surface area contributed by atoms with E-state index in [9.17, 15) is 9.00 Å². The molecule has 0 aliphatic rings. The molecule has 0 radical (unpaired) electrons. The van der Waals surface area contributed by atoms with Crippen molar-refractivity contribution in [2.75, 3.05) is 19.5 Å². The summed E-state index contributed by atoms with van der Waals surface area (Å²) in [6.07, 6.45) is 1.53. The predicted octanol–water partition coefficient (Wildman–Crippen LogP) is 3.66. The van der Waals surface area contributed by atoms with Crippen LogP contribution in [0.4, 0.5) is 5.69 Å². The molecule has 1 heterocycles. The first-order chi connectivity index (χ1) is 13.6. The van der Waals surface area contributed by atoms with E-state index in [1.165, 1.54) is 20.4 Å². The van der Waals surface area contributed by atoms with Crippen LogP contribution in [0.2, 0.25) is 0 Å². The van der Waals surface area contributed by atoms with Crippen molar-refractivity contribution < 1.29 is 18.5 Å². The molecule has 28 heavy (non-hydrogen) atoms. The summed E-state index contributed by atoms with van der Waals surface area (Å²) < 4.78 is 23.5. The molecule has 0 spiro atoms. The number of nitrogens with zero attached hydrogens (tertiary/aromatic N) is 1. The minimum Gasteiger partial charge on any atom is -0.494 e. The second-order valence-corrected chi connectivity index (χ2v) is 7.19. The van der Waals surface area contributed by atoms with Crippen molar-refractivity contribution in [3.63, 3.8) is 0 Å². The van der Waals surface area contributed by atoms with E-state index >= 15 is 0 Å². The molecular weight excluding hydrogens is 376 g/mol. The van der Waals surface area contributed by atoms with Crippen LogP contribution in [0.5, 0.6) is 11.5 Å². The number of hydrogen-bond donors (Lipinski definition) is 1. The van der Waals surface area contributed by atoms with E-state index in [4.69, 9.17) is 9.47 Å². The molecular formula is C21H20N2O4S. The molecule has 3 rings (SSSR count). The largest absolute Gasteiger partial charge is 0.494 e. The molecule has 144 valence electrons. The van der Waals surface area contributed by atoms with E-state index in [2.05, 4.69) is 10.3 Å². The number of amides is 1. The van der Waals surface area contributed by atoms with Gasteiger partial charge in [0.1, 0.15) is 22.2 Å². The maximum absolute atomic E-state index is 12.9. The molecule has 1 atom stereocenters. The number of para-hydroxylation sites is 1. The molecule has 0 aliphatic heterocycles. The number of hydrogen-bond acceptors (Lipinski definition) is 5. The van der Waals surface area contributed by atoms with E-state index in [1.807, 2.05) is 30.3 Å². The minimum atomic E-state index is -1.47. The zero-order chi connectivity index (χ0) is 19.9. The normalized spacial score (nSPS) is 11.5. The van der Waals surface area contributed by atoms with Crippen molar-refractivity contribution in [3.05, 3.63) is 78.0 Å². The van der Waals surface area contributed by atoms with Gasteiger partial charge in [0.2, 0.25) is 0 Å². The number of anilines is 1. The fourth-order valence-electron chi connectivity index (χ4n) is 2.69. The Morgan fingerprint density at radius 3 is 2.29 bits per heavy atom. The van der Waals surface area contributed by atoms with Gasteiger partial charge in [0, 0.05) is 6.20 Å². The molecule has 0 aliphatic carbocycles. The second kappa shape index (κ2) is 9.14. The van der Waals surface area contributed by atoms with Gasteiger partial charge in [0.25, 0.3) is 5.91 Å². The second-order valence-electron chi connectivity index (χ2n) is 5.82. The van der Waals surface area contributed by atoms with Crippen LogP contribution < -0.4 is 14.8 Å². The molecule has 1 aromatic heterocycles. The van der Waals surface area contributed by atoms with E-state index in [0.717, 1.165) is 5.56 Å². The van der Waals surface area contributed by atoms with E-state index in [-0.39, 0.29) is 16.3 Å². The fourth-order valence-corrected chi connectivity index (χ4v) is 3.91. The quantitative estimate of drug-likeness (QED) is 0.659. The van der Waals surface area contributed by atoms with Crippen LogP contribution in [0, 0.1) is 0 Å². The van der Waals surface area contributed by atoms with Gasteiger partial charge in [-0.1, -0.05) is 36.4 Å². The Hall–Kier alpha value is -3.19. The summed E-state index contributed by atoms with van der Waals surface area (Å²) in [5.41, 5.74) is 1.55. The van der Waals surface area contributed by atoms with Gasteiger partial charge in [-0.25, -0.2) is 4.98 Å². The van der Waals surface area contributed by atoms with E-state index in [1.54, 1.807) is 30.3 Å².